The van der Waals surface area contributed by atoms with E-state index in [9.17, 15) is 54.4 Å². The minimum Gasteiger partial charge on any atom is -0.394 e. The maximum Gasteiger partial charge on any atom is 0.483 e. The third-order valence-electron chi connectivity index (χ3n) is 24.4. The lowest BCUT2D eigenvalue weighted by Crippen LogP contribution is -2.67. The van der Waals surface area contributed by atoms with E-state index in [1.807, 2.05) is 6.92 Å². The highest BCUT2D eigenvalue weighted by Gasteiger charge is 2.53. The molecule has 0 saturated carbocycles. The predicted octanol–water partition coefficient (Wildman–Crippen LogP) is 28.1. The molecule has 9 N–H and O–H groups in total. The van der Waals surface area contributed by atoms with Gasteiger partial charge in [-0.2, -0.15) is 4.31 Å². The van der Waals surface area contributed by atoms with Crippen LogP contribution in [0.1, 0.15) is 383 Å². The third-order valence-corrected chi connectivity index (χ3v) is 27.1. The average molecular weight is 1840 g/mol. The molecule has 129 heavy (non-hydrogen) atoms. The van der Waals surface area contributed by atoms with E-state index >= 15 is 0 Å². The molecule has 2 saturated heterocycles. The van der Waals surface area contributed by atoms with Gasteiger partial charge in [-0.3, -0.25) is 13.8 Å². The topological polar surface area (TPSA) is 280 Å². The van der Waals surface area contributed by atoms with Gasteiger partial charge in [0.05, 0.1) is 19.8 Å². The van der Waals surface area contributed by atoms with Crippen LogP contribution in [0.5, 0.6) is 0 Å². The van der Waals surface area contributed by atoms with E-state index in [2.05, 4.69) is 251 Å². The summed E-state index contributed by atoms with van der Waals surface area (Å²) in [5.41, 5.74) is 26.5. The Morgan fingerprint density at radius 2 is 0.558 bits per heavy atom. The van der Waals surface area contributed by atoms with E-state index < -0.39 is 96.1 Å². The van der Waals surface area contributed by atoms with Gasteiger partial charge in [-0.05, 0) is 375 Å². The van der Waals surface area contributed by atoms with Gasteiger partial charge in [0.25, 0.3) is 0 Å². The average Bonchev–Trinajstić information content (AvgIpc) is 0.775. The van der Waals surface area contributed by atoms with Crippen LogP contribution >= 0.6 is 15.6 Å². The second-order valence-corrected chi connectivity index (χ2v) is 41.0. The summed E-state index contributed by atoms with van der Waals surface area (Å²) in [6.07, 6.45) is 67.1. The zero-order valence-electron chi connectivity index (χ0n) is 84.2. The van der Waals surface area contributed by atoms with Crippen molar-refractivity contribution < 1.29 is 81.9 Å². The van der Waals surface area contributed by atoms with E-state index in [4.69, 9.17) is 23.3 Å². The van der Waals surface area contributed by atoms with Crippen LogP contribution in [-0.4, -0.2) is 128 Å². The maximum absolute atomic E-state index is 13.1. The number of phosphoric ester groups is 2. The SMILES string of the molecule is CC(=O)N[C@H]1[C@@H](OP(=O)(O)OP(=O)(O)OCC[C@@H](C)CC/C=C(/C)CC/C=C(/C)CC/C=C(/C)CC/C=C(/C)CC/C=C(/C)CC/C=C(/C)CC/C=C(/C)CC/C=C(/C)CC/C=C(/C)CC/C=C(/C)CC/C=C(/C)CC/C=C(/C)CC/C=C(/C)CC/C=C(/C)CC/C=C(/C)CC/C=C(\C)CC/C=C(\C)CCC=C(C)C)O[C@H](CO)[C@@H](O[C@@H]2O[C@H](CO)[C@@H](O)[C@H](O)[C@H]2O)[C@@H]1O. The maximum atomic E-state index is 13.1. The molecule has 0 bridgehead atoms. The lowest BCUT2D eigenvalue weighted by Gasteiger charge is -2.47. The monoisotopic (exact) mass is 1840 g/mol. The zero-order chi connectivity index (χ0) is 96.3. The first-order valence-electron chi connectivity index (χ1n) is 48.8. The van der Waals surface area contributed by atoms with Gasteiger partial charge in [-0.15, -0.1) is 0 Å². The van der Waals surface area contributed by atoms with E-state index in [0.717, 1.165) is 219 Å². The fraction of sp³-hybridized carbons (Fsp3) is 0.661. The number of hydrogen-bond donors (Lipinski definition) is 9. The molecule has 2 aliphatic heterocycles. The quantitative estimate of drug-likeness (QED) is 0.0202. The van der Waals surface area contributed by atoms with Crippen LogP contribution in [-0.2, 0) is 41.5 Å². The number of phosphoric acid groups is 2. The molecule has 0 radical (unpaired) electrons. The molecular weight excluding hydrogens is 1660 g/mol. The molecule has 0 spiro atoms. The molecule has 1 amide bonds. The summed E-state index contributed by atoms with van der Waals surface area (Å²) in [5, 5.41) is 64.1. The Balaban J connectivity index is 1.57. The van der Waals surface area contributed by atoms with Crippen molar-refractivity contribution in [1.29, 1.82) is 0 Å². The van der Waals surface area contributed by atoms with Crippen molar-refractivity contribution in [3.8, 4) is 0 Å². The Hall–Kier alpha value is -5.31. The van der Waals surface area contributed by atoms with Crippen LogP contribution < -0.4 is 5.32 Å². The van der Waals surface area contributed by atoms with E-state index in [0.29, 0.717) is 6.42 Å². The minimum atomic E-state index is -5.59. The standard InChI is InChI=1S/C109H181NO17P2/c1-80(2)40-22-41-81(3)42-23-43-82(4)44-24-45-83(5)46-25-47-84(6)48-26-49-85(7)50-27-51-86(8)52-28-53-87(9)54-29-55-88(10)56-30-57-89(11)58-31-59-90(12)60-32-61-91(13)62-33-63-92(14)64-34-65-93(15)66-35-67-94(16)68-36-69-95(17)70-37-71-96(18)72-38-73-97(19)74-39-75-98(20)76-77-122-128(118,119)127-129(120,121)126-108-102(110-99(21)113)104(115)107(101(79-112)124-108)125-109-106(117)105(116)103(114)100(78-111)123-109/h40,42,44,46,48,50,52,54,56,58,60,62,64,66,68,70,72,74,98,100-109,111-112,114-117H,22-39,41,43,45,47,49,51,53,55,57,59,61,63,65,67,69,71,73,75-79H2,1-21H3,(H,110,113)(H,118,119)(H,120,121)/b81-42+,82-44+,83-46-,84-48-,85-50-,86-52-,87-54-,88-56-,89-58-,90-60-,91-62-,92-64-,93-66-,94-68-,95-70-,96-72-,97-74-/t98-,100+,101+,102+,103+,104+,105-,106+,107+,108+,109-/m0/s1. The summed E-state index contributed by atoms with van der Waals surface area (Å²) in [6.45, 7) is 44.0. The fourth-order valence-corrected chi connectivity index (χ4v) is 17.7. The van der Waals surface area contributed by atoms with Gasteiger partial charge < -0.3 is 60.0 Å². The van der Waals surface area contributed by atoms with Gasteiger partial charge in [0.15, 0.2) is 12.6 Å². The number of ether oxygens (including phenoxy) is 3. The molecular formula is C109H181NO17P2. The number of amides is 1. The highest BCUT2D eigenvalue weighted by atomic mass is 31.3. The van der Waals surface area contributed by atoms with Crippen molar-refractivity contribution in [2.75, 3.05) is 19.8 Å². The van der Waals surface area contributed by atoms with Crippen molar-refractivity contribution in [2.45, 2.75) is 444 Å². The molecule has 0 aliphatic carbocycles. The molecule has 2 rings (SSSR count). The van der Waals surface area contributed by atoms with Crippen LogP contribution in [0.25, 0.3) is 0 Å². The smallest absolute Gasteiger partial charge is 0.394 e. The molecule has 2 aliphatic rings. The number of rotatable bonds is 67. The minimum absolute atomic E-state index is 0.0382. The molecule has 0 aromatic heterocycles. The predicted molar refractivity (Wildman–Crippen MR) is 539 cm³/mol. The Bertz CT molecular complexity index is 3950. The number of hydrogen-bond acceptors (Lipinski definition) is 15. The van der Waals surface area contributed by atoms with Crippen LogP contribution in [0, 0.1) is 5.92 Å². The van der Waals surface area contributed by atoms with Gasteiger partial charge in [0, 0.05) is 6.92 Å². The van der Waals surface area contributed by atoms with Gasteiger partial charge in [0.2, 0.25) is 5.91 Å². The molecule has 0 aromatic rings. The molecule has 2 unspecified atom stereocenters. The summed E-state index contributed by atoms with van der Waals surface area (Å²) >= 11 is 0. The van der Waals surface area contributed by atoms with Gasteiger partial charge >= 0.3 is 15.6 Å². The molecule has 2 fully saturated rings. The highest BCUT2D eigenvalue weighted by molar-refractivity contribution is 7.61. The summed E-state index contributed by atoms with van der Waals surface area (Å²) in [7, 11) is -10.8. The largest absolute Gasteiger partial charge is 0.483 e. The number of aliphatic hydroxyl groups is 6. The number of carbonyl (C=O) groups excluding carboxylic acids is 1. The second-order valence-electron chi connectivity index (χ2n) is 38.0. The van der Waals surface area contributed by atoms with E-state index in [-0.39, 0.29) is 12.5 Å². The number of carbonyl (C=O) groups is 1. The summed E-state index contributed by atoms with van der Waals surface area (Å²) in [6, 6.07) is -1.76. The lowest BCUT2D eigenvalue weighted by atomic mass is 9.95. The van der Waals surface area contributed by atoms with Crippen molar-refractivity contribution in [2.24, 2.45) is 5.92 Å². The van der Waals surface area contributed by atoms with Gasteiger partial charge in [0.1, 0.15) is 48.8 Å². The zero-order valence-corrected chi connectivity index (χ0v) is 86.0. The molecule has 2 heterocycles. The van der Waals surface area contributed by atoms with Crippen molar-refractivity contribution >= 4 is 21.6 Å². The first-order valence-corrected chi connectivity index (χ1v) is 51.8. The Kier molecular flexibility index (Phi) is 64.5. The first kappa shape index (κ1) is 120. The second kappa shape index (κ2) is 69.5. The summed E-state index contributed by atoms with van der Waals surface area (Å²) < 4.78 is 57.0. The van der Waals surface area contributed by atoms with Crippen LogP contribution in [0.3, 0.4) is 0 Å². The molecule has 0 aromatic carbocycles. The number of nitrogens with one attached hydrogen (secondary N) is 1. The van der Waals surface area contributed by atoms with E-state index in [1.165, 1.54) is 120 Å². The third kappa shape index (κ3) is 59.9. The molecule has 13 atom stereocenters. The van der Waals surface area contributed by atoms with Crippen molar-refractivity contribution in [3.63, 3.8) is 0 Å². The van der Waals surface area contributed by atoms with Crippen molar-refractivity contribution in [1.82, 2.24) is 5.32 Å². The van der Waals surface area contributed by atoms with Gasteiger partial charge in [-0.1, -0.05) is 217 Å². The first-order chi connectivity index (χ1) is 61.1. The molecule has 18 nitrogen and oxygen atoms in total. The summed E-state index contributed by atoms with van der Waals surface area (Å²) in [5.74, 6) is -0.766. The molecule has 734 valence electrons. The Morgan fingerprint density at radius 3 is 0.798 bits per heavy atom. The fourth-order valence-electron chi connectivity index (χ4n) is 15.5. The van der Waals surface area contributed by atoms with Crippen LogP contribution in [0.15, 0.2) is 210 Å². The summed E-state index contributed by atoms with van der Waals surface area (Å²) in [4.78, 5) is 33.1. The number of aliphatic hydroxyl groups excluding tert-OH is 6. The van der Waals surface area contributed by atoms with Crippen LogP contribution in [0.4, 0.5) is 0 Å². The Labute approximate surface area is 784 Å². The molecule has 20 heteroatoms. The lowest BCUT2D eigenvalue weighted by molar-refractivity contribution is -0.344. The van der Waals surface area contributed by atoms with Crippen LogP contribution in [0.2, 0.25) is 0 Å². The Morgan fingerprint density at radius 1 is 0.318 bits per heavy atom. The number of allylic oxidation sites excluding steroid dienone is 36. The van der Waals surface area contributed by atoms with Crippen molar-refractivity contribution in [3.05, 3.63) is 210 Å². The van der Waals surface area contributed by atoms with E-state index in [1.54, 1.807) is 0 Å². The van der Waals surface area contributed by atoms with Gasteiger partial charge in [-0.25, -0.2) is 9.13 Å². The normalized spacial score (nSPS) is 22.7. The highest BCUT2D eigenvalue weighted by Crippen LogP contribution is 2.61.